The van der Waals surface area contributed by atoms with E-state index in [2.05, 4.69) is 20.2 Å². The van der Waals surface area contributed by atoms with E-state index in [-0.39, 0.29) is 6.03 Å². The zero-order valence-corrected chi connectivity index (χ0v) is 14.0. The molecule has 2 heterocycles. The van der Waals surface area contributed by atoms with Crippen molar-refractivity contribution in [1.82, 2.24) is 14.9 Å². The van der Waals surface area contributed by atoms with Crippen LogP contribution in [0.15, 0.2) is 54.6 Å². The second-order valence-corrected chi connectivity index (χ2v) is 6.20. The molecule has 1 aliphatic heterocycles. The summed E-state index contributed by atoms with van der Waals surface area (Å²) in [5.41, 5.74) is 2.84. The number of anilines is 2. The molecule has 3 aromatic rings. The number of nitrogens with zero attached hydrogens (tertiary/aromatic N) is 3. The Labute approximate surface area is 146 Å². The summed E-state index contributed by atoms with van der Waals surface area (Å²) in [6, 6.07) is 17.6. The number of aromatic amines is 1. The lowest BCUT2D eigenvalue weighted by molar-refractivity contribution is 0.215. The summed E-state index contributed by atoms with van der Waals surface area (Å²) in [5.74, 6) is 0.881. The highest BCUT2D eigenvalue weighted by molar-refractivity contribution is 5.89. The van der Waals surface area contributed by atoms with E-state index >= 15 is 0 Å². The monoisotopic (exact) mass is 335 g/mol. The molecule has 1 saturated heterocycles. The number of imidazole rings is 1. The number of nitrogens with one attached hydrogen (secondary N) is 2. The number of aromatic nitrogens is 2. The Hall–Kier alpha value is -3.02. The lowest BCUT2D eigenvalue weighted by atomic mass is 10.3. The zero-order valence-electron chi connectivity index (χ0n) is 14.0. The molecule has 1 aliphatic rings. The minimum atomic E-state index is -0.0438. The Balaban J connectivity index is 1.42. The number of urea groups is 1. The van der Waals surface area contributed by atoms with Crippen LogP contribution in [0.1, 0.15) is 6.42 Å². The standard InChI is InChI=1S/C19H21N5O/c25-19(20-15-7-2-1-3-8-15)24-12-6-11-23(13-14-24)18-21-16-9-4-5-10-17(16)22-18/h1-5,7-10H,6,11-14H2,(H,20,25)(H,21,22). The fraction of sp³-hybridized carbons (Fsp3) is 0.263. The lowest BCUT2D eigenvalue weighted by Gasteiger charge is -2.22. The van der Waals surface area contributed by atoms with Gasteiger partial charge in [0.25, 0.3) is 0 Å². The second kappa shape index (κ2) is 6.84. The molecule has 0 saturated carbocycles. The van der Waals surface area contributed by atoms with E-state index < -0.39 is 0 Å². The minimum Gasteiger partial charge on any atom is -0.341 e. The van der Waals surface area contributed by atoms with Crippen molar-refractivity contribution in [2.45, 2.75) is 6.42 Å². The number of fused-ring (bicyclic) bond motifs is 1. The topological polar surface area (TPSA) is 64.3 Å². The van der Waals surface area contributed by atoms with Gasteiger partial charge >= 0.3 is 6.03 Å². The average Bonchev–Trinajstić information content (AvgIpc) is 2.91. The summed E-state index contributed by atoms with van der Waals surface area (Å²) in [4.78, 5) is 24.6. The van der Waals surface area contributed by atoms with E-state index in [1.807, 2.05) is 59.5 Å². The summed E-state index contributed by atoms with van der Waals surface area (Å²) in [7, 11) is 0. The van der Waals surface area contributed by atoms with Crippen LogP contribution >= 0.6 is 0 Å². The molecule has 6 nitrogen and oxygen atoms in total. The van der Waals surface area contributed by atoms with Gasteiger partial charge in [-0.25, -0.2) is 9.78 Å². The normalized spacial score (nSPS) is 15.2. The molecule has 4 rings (SSSR count). The first kappa shape index (κ1) is 15.5. The number of H-pyrrole nitrogens is 1. The third-order valence-electron chi connectivity index (χ3n) is 4.48. The largest absolute Gasteiger partial charge is 0.341 e. The molecule has 6 heteroatoms. The van der Waals surface area contributed by atoms with Gasteiger partial charge < -0.3 is 20.1 Å². The SMILES string of the molecule is O=C(Nc1ccccc1)N1CCCN(c2nc3ccccc3[nH]2)CC1. The highest BCUT2D eigenvalue weighted by atomic mass is 16.2. The van der Waals surface area contributed by atoms with Crippen molar-refractivity contribution in [2.75, 3.05) is 36.4 Å². The van der Waals surface area contributed by atoms with Gasteiger partial charge in [-0.15, -0.1) is 0 Å². The van der Waals surface area contributed by atoms with Crippen LogP contribution in [0.2, 0.25) is 0 Å². The van der Waals surface area contributed by atoms with E-state index in [0.717, 1.165) is 48.7 Å². The molecule has 0 spiro atoms. The lowest BCUT2D eigenvalue weighted by Crippen LogP contribution is -2.38. The molecule has 0 radical (unpaired) electrons. The van der Waals surface area contributed by atoms with Gasteiger partial charge in [-0.2, -0.15) is 0 Å². The third kappa shape index (κ3) is 3.42. The van der Waals surface area contributed by atoms with E-state index in [9.17, 15) is 4.79 Å². The molecule has 25 heavy (non-hydrogen) atoms. The summed E-state index contributed by atoms with van der Waals surface area (Å²) in [6.45, 7) is 3.07. The van der Waals surface area contributed by atoms with E-state index in [1.54, 1.807) is 0 Å². The number of carbonyl (C=O) groups excluding carboxylic acids is 1. The van der Waals surface area contributed by atoms with Gasteiger partial charge in [0.1, 0.15) is 0 Å². The molecule has 0 unspecified atom stereocenters. The fourth-order valence-corrected chi connectivity index (χ4v) is 3.15. The summed E-state index contributed by atoms with van der Waals surface area (Å²) in [6.07, 6.45) is 0.916. The van der Waals surface area contributed by atoms with Crippen molar-refractivity contribution in [3.63, 3.8) is 0 Å². The molecule has 2 aromatic carbocycles. The number of carbonyl (C=O) groups is 1. The van der Waals surface area contributed by atoms with E-state index in [4.69, 9.17) is 0 Å². The molecule has 1 aromatic heterocycles. The maximum Gasteiger partial charge on any atom is 0.321 e. The highest BCUT2D eigenvalue weighted by Crippen LogP contribution is 2.18. The van der Waals surface area contributed by atoms with Gasteiger partial charge in [0.05, 0.1) is 11.0 Å². The first-order valence-electron chi connectivity index (χ1n) is 8.60. The van der Waals surface area contributed by atoms with Crippen LogP contribution in [-0.4, -0.2) is 47.1 Å². The minimum absolute atomic E-state index is 0.0438. The molecule has 0 bridgehead atoms. The summed E-state index contributed by atoms with van der Waals surface area (Å²) in [5, 5.41) is 2.96. The average molecular weight is 335 g/mol. The Morgan fingerprint density at radius 3 is 2.60 bits per heavy atom. The molecule has 0 aliphatic carbocycles. The first-order valence-corrected chi connectivity index (χ1v) is 8.60. The van der Waals surface area contributed by atoms with Gasteiger partial charge in [-0.1, -0.05) is 30.3 Å². The van der Waals surface area contributed by atoms with Crippen LogP contribution in [0.4, 0.5) is 16.4 Å². The van der Waals surface area contributed by atoms with Gasteiger partial charge in [0.2, 0.25) is 5.95 Å². The van der Waals surface area contributed by atoms with Gasteiger partial charge in [0.15, 0.2) is 0 Å². The van der Waals surface area contributed by atoms with Crippen molar-refractivity contribution in [3.05, 3.63) is 54.6 Å². The Morgan fingerprint density at radius 1 is 0.960 bits per heavy atom. The van der Waals surface area contributed by atoms with Crippen LogP contribution in [0, 0.1) is 0 Å². The third-order valence-corrected chi connectivity index (χ3v) is 4.48. The van der Waals surface area contributed by atoms with Crippen LogP contribution in [0.25, 0.3) is 11.0 Å². The number of hydrogen-bond donors (Lipinski definition) is 2. The molecular weight excluding hydrogens is 314 g/mol. The Bertz CT molecular complexity index is 827. The molecule has 2 N–H and O–H groups in total. The van der Waals surface area contributed by atoms with Crippen LogP contribution in [0.5, 0.6) is 0 Å². The van der Waals surface area contributed by atoms with Crippen molar-refractivity contribution < 1.29 is 4.79 Å². The summed E-state index contributed by atoms with van der Waals surface area (Å²) < 4.78 is 0. The maximum atomic E-state index is 12.5. The first-order chi connectivity index (χ1) is 12.3. The van der Waals surface area contributed by atoms with Crippen molar-refractivity contribution in [3.8, 4) is 0 Å². The highest BCUT2D eigenvalue weighted by Gasteiger charge is 2.21. The quantitative estimate of drug-likeness (QED) is 0.755. The van der Waals surface area contributed by atoms with Crippen molar-refractivity contribution in [1.29, 1.82) is 0 Å². The molecule has 128 valence electrons. The van der Waals surface area contributed by atoms with Gasteiger partial charge in [-0.05, 0) is 30.7 Å². The number of amides is 2. The molecule has 0 atom stereocenters. The van der Waals surface area contributed by atoms with Crippen molar-refractivity contribution >= 4 is 28.7 Å². The predicted octanol–water partition coefficient (Wildman–Crippen LogP) is 3.31. The van der Waals surface area contributed by atoms with E-state index in [1.165, 1.54) is 0 Å². The van der Waals surface area contributed by atoms with Crippen LogP contribution in [0.3, 0.4) is 0 Å². The molecular formula is C19H21N5O. The Morgan fingerprint density at radius 2 is 1.76 bits per heavy atom. The predicted molar refractivity (Wildman–Crippen MR) is 100.0 cm³/mol. The zero-order chi connectivity index (χ0) is 17.1. The number of rotatable bonds is 2. The molecule has 2 amide bonds. The van der Waals surface area contributed by atoms with E-state index in [0.29, 0.717) is 6.54 Å². The van der Waals surface area contributed by atoms with Crippen LogP contribution in [-0.2, 0) is 0 Å². The molecule has 1 fully saturated rings. The van der Waals surface area contributed by atoms with Gasteiger partial charge in [0, 0.05) is 31.9 Å². The fourth-order valence-electron chi connectivity index (χ4n) is 3.15. The smallest absolute Gasteiger partial charge is 0.321 e. The number of para-hydroxylation sites is 3. The summed E-state index contributed by atoms with van der Waals surface area (Å²) >= 11 is 0. The Kier molecular flexibility index (Phi) is 4.24. The second-order valence-electron chi connectivity index (χ2n) is 6.20. The van der Waals surface area contributed by atoms with Gasteiger partial charge in [-0.3, -0.25) is 0 Å². The van der Waals surface area contributed by atoms with Crippen LogP contribution < -0.4 is 10.2 Å². The number of benzene rings is 2. The maximum absolute atomic E-state index is 12.5. The van der Waals surface area contributed by atoms with Crippen molar-refractivity contribution in [2.24, 2.45) is 0 Å². The number of hydrogen-bond acceptors (Lipinski definition) is 3.